The molecule has 0 fully saturated rings. The maximum atomic E-state index is 2.49. The van der Waals surface area contributed by atoms with Crippen LogP contribution in [-0.4, -0.2) is 0 Å². The lowest BCUT2D eigenvalue weighted by Gasteiger charge is -2.31. The van der Waals surface area contributed by atoms with Gasteiger partial charge in [0.15, 0.2) is 0 Å². The Labute approximate surface area is 283 Å². The van der Waals surface area contributed by atoms with Crippen molar-refractivity contribution in [3.63, 3.8) is 0 Å². The van der Waals surface area contributed by atoms with Crippen molar-refractivity contribution in [1.82, 2.24) is 0 Å². The summed E-state index contributed by atoms with van der Waals surface area (Å²) in [5.74, 6) is 0. The van der Waals surface area contributed by atoms with Gasteiger partial charge in [-0.25, -0.2) is 0 Å². The molecule has 7 aromatic carbocycles. The molecule has 0 amide bonds. The Bertz CT molecular complexity index is 2310. The molecule has 0 bridgehead atoms. The molecular formula is C47H37N. The molecule has 0 heterocycles. The molecule has 1 nitrogen and oxygen atoms in total. The number of anilines is 3. The van der Waals surface area contributed by atoms with Crippen LogP contribution in [0.5, 0.6) is 0 Å². The first-order chi connectivity index (χ1) is 23.5. The highest BCUT2D eigenvalue weighted by Gasteiger charge is 2.42. The summed E-state index contributed by atoms with van der Waals surface area (Å²) in [7, 11) is 0. The molecule has 9 rings (SSSR count). The summed E-state index contributed by atoms with van der Waals surface area (Å²) >= 11 is 0. The highest BCUT2D eigenvalue weighted by atomic mass is 15.1. The van der Waals surface area contributed by atoms with E-state index in [-0.39, 0.29) is 10.8 Å². The van der Waals surface area contributed by atoms with Crippen molar-refractivity contribution in [3.05, 3.63) is 198 Å². The second kappa shape index (κ2) is 10.7. The van der Waals surface area contributed by atoms with Gasteiger partial charge in [-0.1, -0.05) is 153 Å². The van der Waals surface area contributed by atoms with Gasteiger partial charge < -0.3 is 4.90 Å². The topological polar surface area (TPSA) is 3.24 Å². The highest BCUT2D eigenvalue weighted by molar-refractivity contribution is 5.97. The fourth-order valence-corrected chi connectivity index (χ4v) is 8.48. The average Bonchev–Trinajstić information content (AvgIpc) is 3.55. The van der Waals surface area contributed by atoms with Gasteiger partial charge in [-0.15, -0.1) is 0 Å². The summed E-state index contributed by atoms with van der Waals surface area (Å²) in [5.41, 5.74) is 17.6. The Morgan fingerprint density at radius 1 is 0.396 bits per heavy atom. The molecule has 0 spiro atoms. The lowest BCUT2D eigenvalue weighted by Crippen LogP contribution is -2.22. The van der Waals surface area contributed by atoms with Crippen LogP contribution in [0.15, 0.2) is 170 Å². The van der Waals surface area contributed by atoms with Crippen LogP contribution in [0.1, 0.15) is 48.6 Å². The second-order valence-electron chi connectivity index (χ2n) is 13.9. The minimum Gasteiger partial charge on any atom is -0.310 e. The minimum atomic E-state index is -0.270. The van der Waals surface area contributed by atoms with Crippen molar-refractivity contribution < 1.29 is 0 Å². The van der Waals surface area contributed by atoms with E-state index in [0.717, 1.165) is 5.69 Å². The first kappa shape index (κ1) is 28.6. The van der Waals surface area contributed by atoms with E-state index < -0.39 is 0 Å². The SMILES string of the molecule is CC1(C)c2ccccc2-c2ccc(N(c3ccc(-c4ccccc4)cc3)c3cccc4c3-c3ccccc3C4(C)c3ccccc3)cc21. The predicted octanol–water partition coefficient (Wildman–Crippen LogP) is 12.5. The third-order valence-corrected chi connectivity index (χ3v) is 11.0. The summed E-state index contributed by atoms with van der Waals surface area (Å²) in [6.45, 7) is 7.12. The standard InChI is InChI=1S/C47H37N/c1-46(2)40-21-12-10-19-37(40)38-30-29-36(31-43(38)46)48(35-27-25-33(26-28-35)32-15-6-4-7-16-32)44-24-14-23-42-45(44)39-20-11-13-22-41(39)47(42,3)34-17-8-5-9-18-34/h4-31H,1-3H3. The molecule has 230 valence electrons. The van der Waals surface area contributed by atoms with Crippen LogP contribution in [0.4, 0.5) is 17.1 Å². The predicted molar refractivity (Wildman–Crippen MR) is 202 cm³/mol. The van der Waals surface area contributed by atoms with Crippen LogP contribution in [0, 0.1) is 0 Å². The maximum absolute atomic E-state index is 2.49. The van der Waals surface area contributed by atoms with Gasteiger partial charge in [0.2, 0.25) is 0 Å². The maximum Gasteiger partial charge on any atom is 0.0543 e. The Kier molecular flexibility index (Phi) is 6.36. The summed E-state index contributed by atoms with van der Waals surface area (Å²) in [6, 6.07) is 62.6. The normalized spacial score (nSPS) is 16.5. The van der Waals surface area contributed by atoms with Crippen LogP contribution < -0.4 is 4.90 Å². The molecule has 0 N–H and O–H groups in total. The van der Waals surface area contributed by atoms with E-state index in [1.54, 1.807) is 0 Å². The average molecular weight is 616 g/mol. The van der Waals surface area contributed by atoms with Gasteiger partial charge in [0.05, 0.1) is 5.69 Å². The first-order valence-electron chi connectivity index (χ1n) is 17.0. The molecule has 0 aliphatic heterocycles. The molecule has 2 aliphatic rings. The molecule has 1 heteroatoms. The Morgan fingerprint density at radius 3 is 1.71 bits per heavy atom. The van der Waals surface area contributed by atoms with Crippen molar-refractivity contribution in [1.29, 1.82) is 0 Å². The number of benzene rings is 7. The van der Waals surface area contributed by atoms with Crippen molar-refractivity contribution in [2.75, 3.05) is 4.90 Å². The van der Waals surface area contributed by atoms with E-state index in [4.69, 9.17) is 0 Å². The fraction of sp³-hybridized carbons (Fsp3) is 0.106. The van der Waals surface area contributed by atoms with Crippen molar-refractivity contribution in [3.8, 4) is 33.4 Å². The quantitative estimate of drug-likeness (QED) is 0.186. The number of fused-ring (bicyclic) bond motifs is 6. The van der Waals surface area contributed by atoms with E-state index in [1.807, 2.05) is 0 Å². The third-order valence-electron chi connectivity index (χ3n) is 11.0. The van der Waals surface area contributed by atoms with Gasteiger partial charge >= 0.3 is 0 Å². The number of nitrogens with zero attached hydrogens (tertiary/aromatic N) is 1. The summed E-state index contributed by atoms with van der Waals surface area (Å²) in [5, 5.41) is 0. The largest absolute Gasteiger partial charge is 0.310 e. The molecule has 7 aromatic rings. The molecule has 1 unspecified atom stereocenters. The van der Waals surface area contributed by atoms with E-state index in [1.165, 1.54) is 72.6 Å². The lowest BCUT2D eigenvalue weighted by atomic mass is 9.74. The zero-order chi connectivity index (χ0) is 32.5. The van der Waals surface area contributed by atoms with Gasteiger partial charge in [0.25, 0.3) is 0 Å². The number of hydrogen-bond acceptors (Lipinski definition) is 1. The summed E-state index contributed by atoms with van der Waals surface area (Å²) in [6.07, 6.45) is 0. The van der Waals surface area contributed by atoms with Crippen LogP contribution in [0.25, 0.3) is 33.4 Å². The van der Waals surface area contributed by atoms with Crippen molar-refractivity contribution in [2.45, 2.75) is 31.6 Å². The highest BCUT2D eigenvalue weighted by Crippen LogP contribution is 2.57. The van der Waals surface area contributed by atoms with Gasteiger partial charge in [-0.05, 0) is 92.9 Å². The number of rotatable bonds is 5. The van der Waals surface area contributed by atoms with E-state index in [0.29, 0.717) is 0 Å². The lowest BCUT2D eigenvalue weighted by molar-refractivity contribution is 0.660. The summed E-state index contributed by atoms with van der Waals surface area (Å²) in [4.78, 5) is 2.49. The van der Waals surface area contributed by atoms with Crippen LogP contribution in [0.3, 0.4) is 0 Å². The van der Waals surface area contributed by atoms with Gasteiger partial charge in [-0.2, -0.15) is 0 Å². The van der Waals surface area contributed by atoms with Crippen LogP contribution >= 0.6 is 0 Å². The smallest absolute Gasteiger partial charge is 0.0543 e. The monoisotopic (exact) mass is 615 g/mol. The van der Waals surface area contributed by atoms with Crippen molar-refractivity contribution >= 4 is 17.1 Å². The molecule has 0 radical (unpaired) electrons. The fourth-order valence-electron chi connectivity index (χ4n) is 8.48. The second-order valence-corrected chi connectivity index (χ2v) is 13.9. The summed E-state index contributed by atoms with van der Waals surface area (Å²) < 4.78 is 0. The number of hydrogen-bond donors (Lipinski definition) is 0. The Morgan fingerprint density at radius 2 is 0.958 bits per heavy atom. The molecule has 0 saturated carbocycles. The minimum absolute atomic E-state index is 0.0953. The molecule has 0 aromatic heterocycles. The van der Waals surface area contributed by atoms with E-state index in [2.05, 4.69) is 196 Å². The molecule has 2 aliphatic carbocycles. The van der Waals surface area contributed by atoms with Crippen LogP contribution in [0.2, 0.25) is 0 Å². The molecule has 0 saturated heterocycles. The zero-order valence-electron chi connectivity index (χ0n) is 27.6. The third kappa shape index (κ3) is 4.10. The van der Waals surface area contributed by atoms with E-state index >= 15 is 0 Å². The van der Waals surface area contributed by atoms with Gasteiger partial charge in [-0.3, -0.25) is 0 Å². The molecule has 1 atom stereocenters. The Balaban J connectivity index is 1.28. The van der Waals surface area contributed by atoms with Crippen molar-refractivity contribution in [2.24, 2.45) is 0 Å². The zero-order valence-corrected chi connectivity index (χ0v) is 27.6. The van der Waals surface area contributed by atoms with E-state index in [9.17, 15) is 0 Å². The Hall–Kier alpha value is -5.66. The molecular weight excluding hydrogens is 579 g/mol. The van der Waals surface area contributed by atoms with Gasteiger partial charge in [0.1, 0.15) is 0 Å². The molecule has 48 heavy (non-hydrogen) atoms. The van der Waals surface area contributed by atoms with Gasteiger partial charge in [0, 0.05) is 27.8 Å². The first-order valence-corrected chi connectivity index (χ1v) is 17.0. The van der Waals surface area contributed by atoms with Crippen LogP contribution in [-0.2, 0) is 10.8 Å².